The molecule has 0 aromatic carbocycles. The van der Waals surface area contributed by atoms with Crippen LogP contribution < -0.4 is 11.1 Å². The first kappa shape index (κ1) is 12.7. The number of fused-ring (bicyclic) bond motifs is 1. The predicted molar refractivity (Wildman–Crippen MR) is 79.2 cm³/mol. The minimum Gasteiger partial charge on any atom is -0.388 e. The predicted octanol–water partition coefficient (Wildman–Crippen LogP) is 1.15. The molecule has 0 bridgehead atoms. The van der Waals surface area contributed by atoms with Crippen LogP contribution in [-0.2, 0) is 0 Å². The van der Waals surface area contributed by atoms with E-state index in [-0.39, 0.29) is 0 Å². The Kier molecular flexibility index (Phi) is 3.61. The van der Waals surface area contributed by atoms with E-state index in [0.717, 1.165) is 6.42 Å². The van der Waals surface area contributed by atoms with Crippen molar-refractivity contribution < 1.29 is 0 Å². The molecule has 2 unspecified atom stereocenters. The Balaban J connectivity index is 1.71. The van der Waals surface area contributed by atoms with Gasteiger partial charge in [0.2, 0.25) is 5.95 Å². The first-order chi connectivity index (χ1) is 9.24. The van der Waals surface area contributed by atoms with Gasteiger partial charge in [0, 0.05) is 24.8 Å². The molecule has 5 nitrogen and oxygen atoms in total. The van der Waals surface area contributed by atoms with Crippen LogP contribution in [0.15, 0.2) is 12.3 Å². The Labute approximate surface area is 118 Å². The summed E-state index contributed by atoms with van der Waals surface area (Å²) in [6.45, 7) is 2.41. The third-order valence-electron chi connectivity index (χ3n) is 4.08. The molecule has 3 N–H and O–H groups in total. The summed E-state index contributed by atoms with van der Waals surface area (Å²) >= 11 is 4.95. The zero-order valence-corrected chi connectivity index (χ0v) is 11.7. The number of aromatic nitrogens is 2. The Morgan fingerprint density at radius 3 is 3.11 bits per heavy atom. The van der Waals surface area contributed by atoms with Crippen molar-refractivity contribution in [3.05, 3.63) is 18.0 Å². The Morgan fingerprint density at radius 1 is 1.37 bits per heavy atom. The first-order valence-electron chi connectivity index (χ1n) is 6.87. The number of anilines is 1. The molecule has 0 radical (unpaired) electrons. The Bertz CT molecular complexity index is 478. The zero-order valence-electron chi connectivity index (χ0n) is 10.9. The maximum absolute atomic E-state index is 5.60. The van der Waals surface area contributed by atoms with Gasteiger partial charge in [0.1, 0.15) is 10.7 Å². The highest BCUT2D eigenvalue weighted by atomic mass is 32.1. The molecule has 3 heterocycles. The molecule has 2 atom stereocenters. The average molecular weight is 277 g/mol. The summed E-state index contributed by atoms with van der Waals surface area (Å²) in [5, 5.41) is 3.46. The summed E-state index contributed by atoms with van der Waals surface area (Å²) in [5.41, 5.74) is 6.23. The fraction of sp³-hybridized carbons (Fsp3) is 0.615. The van der Waals surface area contributed by atoms with E-state index in [9.17, 15) is 0 Å². The van der Waals surface area contributed by atoms with Crippen LogP contribution in [0.4, 0.5) is 5.95 Å². The van der Waals surface area contributed by atoms with E-state index < -0.39 is 0 Å². The molecule has 0 amide bonds. The number of nitrogens with one attached hydrogen (secondary N) is 1. The second-order valence-electron chi connectivity index (χ2n) is 5.27. The van der Waals surface area contributed by atoms with Crippen molar-refractivity contribution in [3.8, 4) is 0 Å². The van der Waals surface area contributed by atoms with Crippen molar-refractivity contribution in [3.63, 3.8) is 0 Å². The molecule has 0 aliphatic carbocycles. The van der Waals surface area contributed by atoms with Gasteiger partial charge in [-0.1, -0.05) is 18.6 Å². The van der Waals surface area contributed by atoms with Gasteiger partial charge in [-0.2, -0.15) is 0 Å². The molecule has 2 aliphatic rings. The molecule has 1 aromatic heterocycles. The summed E-state index contributed by atoms with van der Waals surface area (Å²) in [6, 6.07) is 2.82. The fourth-order valence-electron chi connectivity index (χ4n) is 3.15. The van der Waals surface area contributed by atoms with Gasteiger partial charge in [-0.15, -0.1) is 0 Å². The van der Waals surface area contributed by atoms with Crippen LogP contribution >= 0.6 is 12.2 Å². The van der Waals surface area contributed by atoms with E-state index in [4.69, 9.17) is 18.0 Å². The van der Waals surface area contributed by atoms with Crippen LogP contribution in [0.25, 0.3) is 0 Å². The van der Waals surface area contributed by atoms with Gasteiger partial charge in [0.05, 0.1) is 0 Å². The molecular weight excluding hydrogens is 258 g/mol. The van der Waals surface area contributed by atoms with E-state index in [1.807, 2.05) is 0 Å². The minimum absolute atomic E-state index is 0.316. The van der Waals surface area contributed by atoms with Crippen molar-refractivity contribution in [1.82, 2.24) is 14.9 Å². The van der Waals surface area contributed by atoms with E-state index >= 15 is 0 Å². The lowest BCUT2D eigenvalue weighted by Gasteiger charge is -2.32. The van der Waals surface area contributed by atoms with Gasteiger partial charge in [0.25, 0.3) is 0 Å². The van der Waals surface area contributed by atoms with Crippen LogP contribution in [0.1, 0.15) is 31.4 Å². The number of hydrogen-bond donors (Lipinski definition) is 2. The first-order valence-corrected chi connectivity index (χ1v) is 7.28. The molecule has 2 aliphatic heterocycles. The highest BCUT2D eigenvalue weighted by Crippen LogP contribution is 2.28. The third kappa shape index (κ3) is 2.69. The maximum atomic E-state index is 5.60. The highest BCUT2D eigenvalue weighted by Gasteiger charge is 2.35. The van der Waals surface area contributed by atoms with Gasteiger partial charge in [-0.25, -0.2) is 9.97 Å². The normalized spacial score (nSPS) is 26.9. The second-order valence-corrected chi connectivity index (χ2v) is 5.71. The van der Waals surface area contributed by atoms with Gasteiger partial charge >= 0.3 is 0 Å². The van der Waals surface area contributed by atoms with E-state index in [0.29, 0.717) is 28.7 Å². The monoisotopic (exact) mass is 277 g/mol. The summed E-state index contributed by atoms with van der Waals surface area (Å²) in [5.74, 6) is 0.641. The topological polar surface area (TPSA) is 67.1 Å². The van der Waals surface area contributed by atoms with Gasteiger partial charge in [-0.3, -0.25) is 4.90 Å². The number of rotatable bonds is 3. The van der Waals surface area contributed by atoms with Gasteiger partial charge in [0.15, 0.2) is 0 Å². The number of nitrogens with zero attached hydrogens (tertiary/aromatic N) is 3. The fourth-order valence-corrected chi connectivity index (χ4v) is 3.26. The molecule has 0 spiro atoms. The SMILES string of the molecule is NC(=S)c1ccnc(NC2CCN3CCCCC23)n1. The quantitative estimate of drug-likeness (QED) is 0.808. The van der Waals surface area contributed by atoms with Crippen LogP contribution in [0, 0.1) is 0 Å². The van der Waals surface area contributed by atoms with Gasteiger partial charge in [-0.05, 0) is 31.9 Å². The minimum atomic E-state index is 0.316. The molecule has 102 valence electrons. The molecule has 2 saturated heterocycles. The van der Waals surface area contributed by atoms with Crippen LogP contribution in [0.3, 0.4) is 0 Å². The maximum Gasteiger partial charge on any atom is 0.223 e. The van der Waals surface area contributed by atoms with E-state index in [2.05, 4.69) is 20.2 Å². The molecule has 2 fully saturated rings. The molecule has 1 aromatic rings. The largest absolute Gasteiger partial charge is 0.388 e. The molecular formula is C13H19N5S. The summed E-state index contributed by atoms with van der Waals surface area (Å²) in [4.78, 5) is 11.5. The van der Waals surface area contributed by atoms with E-state index in [1.54, 1.807) is 12.3 Å². The number of thiocarbonyl (C=S) groups is 1. The van der Waals surface area contributed by atoms with Gasteiger partial charge < -0.3 is 11.1 Å². The van der Waals surface area contributed by atoms with Crippen molar-refractivity contribution in [1.29, 1.82) is 0 Å². The number of hydrogen-bond acceptors (Lipinski definition) is 5. The molecule has 3 rings (SSSR count). The highest BCUT2D eigenvalue weighted by molar-refractivity contribution is 7.80. The zero-order chi connectivity index (χ0) is 13.2. The van der Waals surface area contributed by atoms with Crippen molar-refractivity contribution in [2.24, 2.45) is 5.73 Å². The Morgan fingerprint density at radius 2 is 2.26 bits per heavy atom. The molecule has 19 heavy (non-hydrogen) atoms. The summed E-state index contributed by atoms with van der Waals surface area (Å²) < 4.78 is 0. The lowest BCUT2D eigenvalue weighted by Crippen LogP contribution is -2.42. The van der Waals surface area contributed by atoms with Crippen LogP contribution in [0.5, 0.6) is 0 Å². The smallest absolute Gasteiger partial charge is 0.223 e. The molecule has 0 saturated carbocycles. The lowest BCUT2D eigenvalue weighted by atomic mass is 9.99. The summed E-state index contributed by atoms with van der Waals surface area (Å²) in [7, 11) is 0. The third-order valence-corrected chi connectivity index (χ3v) is 4.29. The van der Waals surface area contributed by atoms with Crippen molar-refractivity contribution >= 4 is 23.2 Å². The summed E-state index contributed by atoms with van der Waals surface area (Å²) in [6.07, 6.45) is 6.79. The number of nitrogens with two attached hydrogens (primary N) is 1. The van der Waals surface area contributed by atoms with Crippen LogP contribution in [-0.4, -0.2) is 45.0 Å². The average Bonchev–Trinajstić information content (AvgIpc) is 2.83. The molecule has 6 heteroatoms. The van der Waals surface area contributed by atoms with Crippen molar-refractivity contribution in [2.45, 2.75) is 37.8 Å². The standard InChI is InChI=1S/C13H19N5S/c14-12(19)10-4-6-15-13(17-10)16-9-5-8-18-7-2-1-3-11(9)18/h4,6,9,11H,1-3,5,7-8H2,(H2,14,19)(H,15,16,17). The second kappa shape index (κ2) is 5.38. The number of piperidine rings is 1. The Hall–Kier alpha value is -1.27. The lowest BCUT2D eigenvalue weighted by molar-refractivity contribution is 0.192. The van der Waals surface area contributed by atoms with Crippen molar-refractivity contribution in [2.75, 3.05) is 18.4 Å². The van der Waals surface area contributed by atoms with Crippen LogP contribution in [0.2, 0.25) is 0 Å². The van der Waals surface area contributed by atoms with E-state index in [1.165, 1.54) is 32.4 Å².